The van der Waals surface area contributed by atoms with Crippen LogP contribution in [0.3, 0.4) is 0 Å². The number of ether oxygens (including phenoxy) is 1. The predicted octanol–water partition coefficient (Wildman–Crippen LogP) is 4.83. The molecular weight excluding hydrogens is 324 g/mol. The van der Waals surface area contributed by atoms with Crippen molar-refractivity contribution in [2.24, 2.45) is 0 Å². The van der Waals surface area contributed by atoms with Gasteiger partial charge in [-0.2, -0.15) is 5.26 Å². The zero-order valence-corrected chi connectivity index (χ0v) is 15.6. The standard InChI is InChI=1S/C19H25ClN2O2/c1-14-13-15(5-6-16(14)20)19(7-10-21)8-11-22(12-9-19)17(23)24-18(2,3)4/h5-6,13H,7-9,11-12H2,1-4H3. The molecule has 1 aromatic carbocycles. The fourth-order valence-electron chi connectivity index (χ4n) is 3.14. The van der Waals surface area contributed by atoms with Gasteiger partial charge in [0.25, 0.3) is 0 Å². The Morgan fingerprint density at radius 3 is 2.50 bits per heavy atom. The van der Waals surface area contributed by atoms with Crippen LogP contribution >= 0.6 is 11.6 Å². The molecule has 1 heterocycles. The first-order valence-corrected chi connectivity index (χ1v) is 8.66. The number of rotatable bonds is 2. The van der Waals surface area contributed by atoms with Crippen LogP contribution in [0, 0.1) is 18.3 Å². The highest BCUT2D eigenvalue weighted by molar-refractivity contribution is 6.31. The first kappa shape index (κ1) is 18.6. The van der Waals surface area contributed by atoms with Crippen LogP contribution in [-0.2, 0) is 10.2 Å². The highest BCUT2D eigenvalue weighted by Crippen LogP contribution is 2.39. The second-order valence-electron chi connectivity index (χ2n) is 7.55. The van der Waals surface area contributed by atoms with Gasteiger partial charge in [0, 0.05) is 29.9 Å². The Bertz CT molecular complexity index is 650. The molecule has 0 aliphatic carbocycles. The van der Waals surface area contributed by atoms with Gasteiger partial charge in [0.05, 0.1) is 6.07 Å². The predicted molar refractivity (Wildman–Crippen MR) is 95.1 cm³/mol. The van der Waals surface area contributed by atoms with E-state index in [-0.39, 0.29) is 11.5 Å². The Morgan fingerprint density at radius 2 is 2.00 bits per heavy atom. The number of nitrogens with zero attached hydrogens (tertiary/aromatic N) is 2. The van der Waals surface area contributed by atoms with Crippen LogP contribution in [0.5, 0.6) is 0 Å². The van der Waals surface area contributed by atoms with Gasteiger partial charge in [0.15, 0.2) is 0 Å². The summed E-state index contributed by atoms with van der Waals surface area (Å²) in [5.74, 6) is 0. The number of aryl methyl sites for hydroxylation is 1. The van der Waals surface area contributed by atoms with Crippen molar-refractivity contribution >= 4 is 17.7 Å². The lowest BCUT2D eigenvalue weighted by molar-refractivity contribution is 0.0165. The molecule has 0 bridgehead atoms. The number of carbonyl (C=O) groups is 1. The molecule has 4 nitrogen and oxygen atoms in total. The lowest BCUT2D eigenvalue weighted by atomic mass is 9.70. The summed E-state index contributed by atoms with van der Waals surface area (Å²) >= 11 is 6.13. The van der Waals surface area contributed by atoms with Crippen LogP contribution in [0.15, 0.2) is 18.2 Å². The molecule has 0 aromatic heterocycles. The summed E-state index contributed by atoms with van der Waals surface area (Å²) in [5.41, 5.74) is 1.43. The molecule has 0 N–H and O–H groups in total. The van der Waals surface area contributed by atoms with Gasteiger partial charge in [0.1, 0.15) is 5.60 Å². The number of hydrogen-bond donors (Lipinski definition) is 0. The van der Waals surface area contributed by atoms with Crippen molar-refractivity contribution in [1.82, 2.24) is 4.90 Å². The minimum Gasteiger partial charge on any atom is -0.444 e. The van der Waals surface area contributed by atoms with E-state index in [1.807, 2.05) is 39.8 Å². The molecule has 1 amide bonds. The van der Waals surface area contributed by atoms with Crippen LogP contribution in [-0.4, -0.2) is 29.7 Å². The number of nitriles is 1. The van der Waals surface area contributed by atoms with E-state index in [9.17, 15) is 10.1 Å². The first-order valence-electron chi connectivity index (χ1n) is 8.28. The van der Waals surface area contributed by atoms with Gasteiger partial charge < -0.3 is 9.64 Å². The third kappa shape index (κ3) is 4.21. The molecule has 0 unspecified atom stereocenters. The number of amides is 1. The van der Waals surface area contributed by atoms with Crippen LogP contribution in [0.25, 0.3) is 0 Å². The maximum absolute atomic E-state index is 12.2. The van der Waals surface area contributed by atoms with E-state index >= 15 is 0 Å². The average Bonchev–Trinajstić information content (AvgIpc) is 2.49. The normalized spacial score (nSPS) is 17.2. The van der Waals surface area contributed by atoms with Gasteiger partial charge in [-0.3, -0.25) is 0 Å². The SMILES string of the molecule is Cc1cc(C2(CC#N)CCN(C(=O)OC(C)(C)C)CC2)ccc1Cl. The summed E-state index contributed by atoms with van der Waals surface area (Å²) in [4.78, 5) is 14.0. The van der Waals surface area contributed by atoms with Crippen LogP contribution < -0.4 is 0 Å². The van der Waals surface area contributed by atoms with Gasteiger partial charge in [-0.15, -0.1) is 0 Å². The Hall–Kier alpha value is -1.73. The van der Waals surface area contributed by atoms with E-state index in [0.717, 1.165) is 29.0 Å². The van der Waals surface area contributed by atoms with Crippen molar-refractivity contribution in [1.29, 1.82) is 5.26 Å². The molecule has 1 saturated heterocycles. The van der Waals surface area contributed by atoms with E-state index in [1.165, 1.54) is 0 Å². The Balaban J connectivity index is 2.16. The Morgan fingerprint density at radius 1 is 1.38 bits per heavy atom. The topological polar surface area (TPSA) is 53.3 Å². The van der Waals surface area contributed by atoms with Gasteiger partial charge >= 0.3 is 6.09 Å². The Kier molecular flexibility index (Phi) is 5.45. The van der Waals surface area contributed by atoms with Crippen molar-refractivity contribution in [3.05, 3.63) is 34.3 Å². The Labute approximate surface area is 149 Å². The van der Waals surface area contributed by atoms with Gasteiger partial charge in [-0.25, -0.2) is 4.79 Å². The maximum atomic E-state index is 12.2. The van der Waals surface area contributed by atoms with Crippen molar-refractivity contribution in [3.8, 4) is 6.07 Å². The third-order valence-electron chi connectivity index (χ3n) is 4.56. The van der Waals surface area contributed by atoms with Crippen LogP contribution in [0.1, 0.15) is 51.2 Å². The van der Waals surface area contributed by atoms with E-state index in [1.54, 1.807) is 4.90 Å². The zero-order chi connectivity index (χ0) is 18.0. The monoisotopic (exact) mass is 348 g/mol. The highest BCUT2D eigenvalue weighted by Gasteiger charge is 2.38. The molecule has 1 fully saturated rings. The smallest absolute Gasteiger partial charge is 0.410 e. The minimum absolute atomic E-state index is 0.220. The molecule has 0 saturated carbocycles. The van der Waals surface area contributed by atoms with Gasteiger partial charge in [-0.05, 0) is 57.7 Å². The highest BCUT2D eigenvalue weighted by atomic mass is 35.5. The molecule has 5 heteroatoms. The summed E-state index contributed by atoms with van der Waals surface area (Å²) in [6.45, 7) is 8.76. The molecule has 1 aromatic rings. The maximum Gasteiger partial charge on any atom is 0.410 e. The lowest BCUT2D eigenvalue weighted by Crippen LogP contribution is -2.46. The van der Waals surface area contributed by atoms with Gasteiger partial charge in [-0.1, -0.05) is 23.7 Å². The fraction of sp³-hybridized carbons (Fsp3) is 0.579. The van der Waals surface area contributed by atoms with Crippen molar-refractivity contribution in [2.75, 3.05) is 13.1 Å². The van der Waals surface area contributed by atoms with Crippen molar-refractivity contribution in [2.45, 2.75) is 58.0 Å². The summed E-state index contributed by atoms with van der Waals surface area (Å²) in [6.07, 6.45) is 1.66. The number of hydrogen-bond acceptors (Lipinski definition) is 3. The number of piperidine rings is 1. The second-order valence-corrected chi connectivity index (χ2v) is 7.95. The molecule has 1 aliphatic rings. The number of likely N-dealkylation sites (tertiary alicyclic amines) is 1. The summed E-state index contributed by atoms with van der Waals surface area (Å²) in [7, 11) is 0. The molecule has 24 heavy (non-hydrogen) atoms. The molecule has 130 valence electrons. The molecule has 0 atom stereocenters. The zero-order valence-electron chi connectivity index (χ0n) is 14.9. The van der Waals surface area contributed by atoms with E-state index < -0.39 is 5.60 Å². The first-order chi connectivity index (χ1) is 11.2. The lowest BCUT2D eigenvalue weighted by Gasteiger charge is -2.41. The molecule has 2 rings (SSSR count). The number of carbonyl (C=O) groups excluding carboxylic acids is 1. The fourth-order valence-corrected chi connectivity index (χ4v) is 3.25. The molecular formula is C19H25ClN2O2. The van der Waals surface area contributed by atoms with Gasteiger partial charge in [0.2, 0.25) is 0 Å². The van der Waals surface area contributed by atoms with Crippen molar-refractivity contribution in [3.63, 3.8) is 0 Å². The molecule has 0 spiro atoms. The van der Waals surface area contributed by atoms with Crippen molar-refractivity contribution < 1.29 is 9.53 Å². The van der Waals surface area contributed by atoms with E-state index in [0.29, 0.717) is 19.5 Å². The molecule has 0 radical (unpaired) electrons. The van der Waals surface area contributed by atoms with Crippen LogP contribution in [0.4, 0.5) is 4.79 Å². The van der Waals surface area contributed by atoms with Crippen LogP contribution in [0.2, 0.25) is 5.02 Å². The number of benzene rings is 1. The summed E-state index contributed by atoms with van der Waals surface area (Å²) in [5, 5.41) is 10.0. The van der Waals surface area contributed by atoms with E-state index in [2.05, 4.69) is 12.1 Å². The summed E-state index contributed by atoms with van der Waals surface area (Å²) < 4.78 is 5.45. The number of halogens is 1. The largest absolute Gasteiger partial charge is 0.444 e. The average molecular weight is 349 g/mol. The minimum atomic E-state index is -0.494. The quantitative estimate of drug-likeness (QED) is 0.769. The second kappa shape index (κ2) is 7.03. The molecule has 1 aliphatic heterocycles. The van der Waals surface area contributed by atoms with E-state index in [4.69, 9.17) is 16.3 Å². The summed E-state index contributed by atoms with van der Waals surface area (Å²) in [6, 6.07) is 8.30. The third-order valence-corrected chi connectivity index (χ3v) is 4.98.